The monoisotopic (exact) mass is 458 g/mol. The van der Waals surface area contributed by atoms with Crippen molar-refractivity contribution in [2.45, 2.75) is 6.10 Å². The van der Waals surface area contributed by atoms with Crippen molar-refractivity contribution in [1.29, 1.82) is 0 Å². The lowest BCUT2D eigenvalue weighted by Crippen LogP contribution is -2.31. The fourth-order valence-corrected chi connectivity index (χ4v) is 2.95. The van der Waals surface area contributed by atoms with Gasteiger partial charge in [-0.1, -0.05) is 6.07 Å². The number of hydrazone groups is 1. The molecule has 0 spiro atoms. The van der Waals surface area contributed by atoms with E-state index in [1.807, 2.05) is 0 Å². The fraction of sp³-hybridized carbons (Fsp3) is 0.158. The van der Waals surface area contributed by atoms with E-state index in [1.165, 1.54) is 38.5 Å². The molecule has 0 bridgehead atoms. The number of thiocarbonyl (C=S) groups is 1. The Morgan fingerprint density at radius 1 is 1.28 bits per heavy atom. The number of H-pyrrole nitrogens is 1. The third kappa shape index (κ3) is 4.63. The highest BCUT2D eigenvalue weighted by molar-refractivity contribution is 7.80. The van der Waals surface area contributed by atoms with Crippen LogP contribution in [-0.2, 0) is 0 Å². The van der Waals surface area contributed by atoms with Crippen LogP contribution in [0.2, 0.25) is 0 Å². The smallest absolute Gasteiger partial charge is 0.276 e. The van der Waals surface area contributed by atoms with Crippen LogP contribution in [0.15, 0.2) is 46.3 Å². The van der Waals surface area contributed by atoms with Gasteiger partial charge in [0.2, 0.25) is 0 Å². The van der Waals surface area contributed by atoms with Crippen LogP contribution >= 0.6 is 12.2 Å². The Hall–Kier alpha value is -4.10. The van der Waals surface area contributed by atoms with Gasteiger partial charge in [0.05, 0.1) is 30.2 Å². The molecule has 0 fully saturated rings. The van der Waals surface area contributed by atoms with Crippen molar-refractivity contribution in [2.75, 3.05) is 14.2 Å². The summed E-state index contributed by atoms with van der Waals surface area (Å²) in [5.41, 5.74) is 7.12. The van der Waals surface area contributed by atoms with Crippen LogP contribution in [0.1, 0.15) is 17.4 Å². The number of aliphatic hydroxyl groups excluding tert-OH is 1. The van der Waals surface area contributed by atoms with E-state index >= 15 is 0 Å². The van der Waals surface area contributed by atoms with Gasteiger partial charge in [-0.15, -0.1) is 0 Å². The molecule has 0 aliphatic carbocycles. The zero-order valence-electron chi connectivity index (χ0n) is 16.9. The summed E-state index contributed by atoms with van der Waals surface area (Å²) in [6.45, 7) is 0. The highest BCUT2D eigenvalue weighted by Crippen LogP contribution is 2.31. The summed E-state index contributed by atoms with van der Waals surface area (Å²) in [5, 5.41) is 25.8. The minimum atomic E-state index is -1.44. The number of benzene rings is 2. The average Bonchev–Trinajstić information content (AvgIpc) is 2.78. The number of nitrogens with one attached hydrogen (secondary N) is 2. The number of hydrogen-bond donors (Lipinski definition) is 4. The molecule has 0 aliphatic rings. The summed E-state index contributed by atoms with van der Waals surface area (Å²) < 4.78 is 10.4. The zero-order chi connectivity index (χ0) is 23.4. The van der Waals surface area contributed by atoms with Gasteiger partial charge in [-0.05, 0) is 36.0 Å². The van der Waals surface area contributed by atoms with E-state index in [1.54, 1.807) is 12.1 Å². The Morgan fingerprint density at radius 3 is 2.62 bits per heavy atom. The molecule has 2 aromatic carbocycles. The summed E-state index contributed by atoms with van der Waals surface area (Å²) in [5.74, 6) is 0.782. The number of aromatic amines is 1. The van der Waals surface area contributed by atoms with Crippen LogP contribution in [0, 0.1) is 10.1 Å². The number of hydrogen-bond acceptors (Lipinski definition) is 9. The molecule has 0 saturated carbocycles. The van der Waals surface area contributed by atoms with E-state index in [-0.39, 0.29) is 33.2 Å². The quantitative estimate of drug-likeness (QED) is 0.173. The van der Waals surface area contributed by atoms with Crippen LogP contribution in [-0.4, -0.2) is 45.0 Å². The van der Waals surface area contributed by atoms with Crippen LogP contribution < -0.4 is 26.2 Å². The van der Waals surface area contributed by atoms with Gasteiger partial charge in [-0.3, -0.25) is 20.3 Å². The maximum Gasteiger partial charge on any atom is 0.276 e. The Labute approximate surface area is 185 Å². The number of nitro benzene ring substituents is 1. The molecule has 13 heteroatoms. The summed E-state index contributed by atoms with van der Waals surface area (Å²) in [6, 6.07) is 8.44. The van der Waals surface area contributed by atoms with Gasteiger partial charge in [0.15, 0.2) is 22.3 Å². The van der Waals surface area contributed by atoms with Gasteiger partial charge >= 0.3 is 0 Å². The molecule has 32 heavy (non-hydrogen) atoms. The maximum atomic E-state index is 12.7. The Bertz CT molecular complexity index is 1290. The molecule has 1 heterocycles. The van der Waals surface area contributed by atoms with Crippen LogP contribution in [0.25, 0.3) is 11.0 Å². The number of non-ortho nitro benzene ring substituents is 1. The number of aliphatic hydroxyl groups is 1. The van der Waals surface area contributed by atoms with Crippen LogP contribution in [0.5, 0.6) is 11.5 Å². The highest BCUT2D eigenvalue weighted by atomic mass is 32.1. The molecule has 0 amide bonds. The summed E-state index contributed by atoms with van der Waals surface area (Å²) >= 11 is 4.76. The topological polar surface area (TPSA) is 178 Å². The molecular weight excluding hydrogens is 440 g/mol. The Morgan fingerprint density at radius 2 is 2.00 bits per heavy atom. The third-order valence-electron chi connectivity index (χ3n) is 4.40. The summed E-state index contributed by atoms with van der Waals surface area (Å²) in [7, 11) is 2.90. The van der Waals surface area contributed by atoms with E-state index in [2.05, 4.69) is 20.5 Å². The first-order valence-electron chi connectivity index (χ1n) is 8.97. The van der Waals surface area contributed by atoms with Crippen molar-refractivity contribution in [3.8, 4) is 11.5 Å². The molecule has 0 saturated heterocycles. The van der Waals surface area contributed by atoms with Gasteiger partial charge in [0.25, 0.3) is 11.2 Å². The van der Waals surface area contributed by atoms with Crippen molar-refractivity contribution in [3.05, 3.63) is 68.1 Å². The first-order chi connectivity index (χ1) is 15.2. The van der Waals surface area contributed by atoms with Crippen LogP contribution in [0.4, 0.5) is 5.69 Å². The standard InChI is InChI=1S/C19H18N6O6S/c1-30-13-6-3-9(7-14(13)31-2)17(26)15(23-24-19(20)32)16-18(27)22-12-8-10(25(28)29)4-5-11(12)21-16/h3-8,17,26H,1-2H3,(H,22,27)(H3,20,24,32)/b23-15+. The molecule has 166 valence electrons. The second-order valence-corrected chi connectivity index (χ2v) is 6.80. The Kier molecular flexibility index (Phi) is 6.61. The fourth-order valence-electron chi connectivity index (χ4n) is 2.90. The normalized spacial score (nSPS) is 12.3. The number of methoxy groups -OCH3 is 2. The molecular formula is C19H18N6O6S. The number of nitro groups is 1. The van der Waals surface area contributed by atoms with E-state index in [0.717, 1.165) is 0 Å². The van der Waals surface area contributed by atoms with Crippen molar-refractivity contribution in [1.82, 2.24) is 15.4 Å². The number of aromatic nitrogens is 2. The number of nitrogens with two attached hydrogens (primary N) is 1. The molecule has 3 rings (SSSR count). The minimum absolute atomic E-state index is 0.148. The van der Waals surface area contributed by atoms with E-state index < -0.39 is 16.6 Å². The molecule has 0 aliphatic heterocycles. The first kappa shape index (κ1) is 22.6. The first-order valence-corrected chi connectivity index (χ1v) is 9.37. The maximum absolute atomic E-state index is 12.7. The van der Waals surface area contributed by atoms with Crippen LogP contribution in [0.3, 0.4) is 0 Å². The zero-order valence-corrected chi connectivity index (χ0v) is 17.7. The number of nitrogens with zero attached hydrogens (tertiary/aromatic N) is 3. The minimum Gasteiger partial charge on any atom is -0.493 e. The van der Waals surface area contributed by atoms with Gasteiger partial charge in [-0.2, -0.15) is 5.10 Å². The second-order valence-electron chi connectivity index (χ2n) is 6.36. The van der Waals surface area contributed by atoms with Gasteiger partial charge in [0.1, 0.15) is 11.8 Å². The summed E-state index contributed by atoms with van der Waals surface area (Å²) in [4.78, 5) is 29.9. The largest absolute Gasteiger partial charge is 0.493 e. The second kappa shape index (κ2) is 9.36. The van der Waals surface area contributed by atoms with Crippen molar-refractivity contribution >= 4 is 39.8 Å². The lowest BCUT2D eigenvalue weighted by Gasteiger charge is -2.16. The lowest BCUT2D eigenvalue weighted by atomic mass is 10.0. The van der Waals surface area contributed by atoms with E-state index in [0.29, 0.717) is 17.1 Å². The predicted octanol–water partition coefficient (Wildman–Crippen LogP) is 1.12. The number of fused-ring (bicyclic) bond motifs is 1. The highest BCUT2D eigenvalue weighted by Gasteiger charge is 2.24. The number of ether oxygens (including phenoxy) is 2. The van der Waals surface area contributed by atoms with Crippen molar-refractivity contribution in [3.63, 3.8) is 0 Å². The van der Waals surface area contributed by atoms with Gasteiger partial charge in [-0.25, -0.2) is 4.98 Å². The molecule has 0 radical (unpaired) electrons. The molecule has 5 N–H and O–H groups in total. The molecule has 1 aromatic heterocycles. The molecule has 1 unspecified atom stereocenters. The predicted molar refractivity (Wildman–Crippen MR) is 120 cm³/mol. The van der Waals surface area contributed by atoms with E-state index in [9.17, 15) is 20.0 Å². The van der Waals surface area contributed by atoms with Gasteiger partial charge < -0.3 is 25.3 Å². The summed E-state index contributed by atoms with van der Waals surface area (Å²) in [6.07, 6.45) is -1.44. The lowest BCUT2D eigenvalue weighted by molar-refractivity contribution is -0.384. The van der Waals surface area contributed by atoms with Gasteiger partial charge in [0, 0.05) is 12.1 Å². The Balaban J connectivity index is 2.14. The van der Waals surface area contributed by atoms with Crippen molar-refractivity contribution in [2.24, 2.45) is 10.8 Å². The third-order valence-corrected chi connectivity index (χ3v) is 4.49. The molecule has 1 atom stereocenters. The van der Waals surface area contributed by atoms with Crippen molar-refractivity contribution < 1.29 is 19.5 Å². The van der Waals surface area contributed by atoms with E-state index in [4.69, 9.17) is 27.4 Å². The molecule has 12 nitrogen and oxygen atoms in total. The average molecular weight is 458 g/mol. The molecule has 3 aromatic rings. The number of rotatable bonds is 7. The SMILES string of the molecule is COc1ccc(C(O)/C(=N/NC(N)=S)c2nc3ccc([N+](=O)[O-])cc3[nH]c2=O)cc1OC.